The Bertz CT molecular complexity index is 1440. The third-order valence-corrected chi connectivity index (χ3v) is 7.15. The van der Waals surface area contributed by atoms with Gasteiger partial charge >= 0.3 is 6.03 Å². The first kappa shape index (κ1) is 24.4. The van der Waals surface area contributed by atoms with Crippen molar-refractivity contribution in [2.75, 3.05) is 11.4 Å². The van der Waals surface area contributed by atoms with Gasteiger partial charge in [-0.1, -0.05) is 17.7 Å². The Kier molecular flexibility index (Phi) is 6.12. The number of sulfonamides is 1. The number of carbonyl (C=O) groups is 3. The van der Waals surface area contributed by atoms with Crippen LogP contribution in [0.5, 0.6) is 0 Å². The molecule has 182 valence electrons. The number of rotatable bonds is 6. The fourth-order valence-electron chi connectivity index (χ4n) is 4.37. The van der Waals surface area contributed by atoms with Crippen LogP contribution in [-0.2, 0) is 14.8 Å². The van der Waals surface area contributed by atoms with Gasteiger partial charge in [0.25, 0.3) is 5.91 Å². The van der Waals surface area contributed by atoms with Gasteiger partial charge in [0.15, 0.2) is 5.78 Å². The van der Waals surface area contributed by atoms with Crippen LogP contribution in [0, 0.1) is 20.8 Å². The summed E-state index contributed by atoms with van der Waals surface area (Å²) >= 11 is 0. The van der Waals surface area contributed by atoms with Gasteiger partial charge in [0.1, 0.15) is 6.04 Å². The fraction of sp³-hybridized carbons (Fsp3) is 0.240. The summed E-state index contributed by atoms with van der Waals surface area (Å²) < 4.78 is 24.9. The molecule has 3 aromatic rings. The second-order valence-corrected chi connectivity index (χ2v) is 10.2. The molecule has 0 aliphatic carbocycles. The summed E-state index contributed by atoms with van der Waals surface area (Å²) in [5.74, 6) is -0.804. The van der Waals surface area contributed by atoms with E-state index in [4.69, 9.17) is 5.14 Å². The Labute approximate surface area is 203 Å². The van der Waals surface area contributed by atoms with E-state index in [1.165, 1.54) is 17.0 Å². The van der Waals surface area contributed by atoms with Crippen LogP contribution in [0.25, 0.3) is 5.69 Å². The highest BCUT2D eigenvalue weighted by atomic mass is 32.2. The van der Waals surface area contributed by atoms with Crippen molar-refractivity contribution in [2.45, 2.75) is 38.6 Å². The summed E-state index contributed by atoms with van der Waals surface area (Å²) in [7, 11) is -3.82. The number of Topliss-reactive ketones (excluding diaryl/α,β-unsaturated/α-hetero) is 1. The number of hydrogen-bond acceptors (Lipinski definition) is 5. The van der Waals surface area contributed by atoms with Gasteiger partial charge in [-0.2, -0.15) is 0 Å². The van der Waals surface area contributed by atoms with Gasteiger partial charge in [-0.05, 0) is 70.2 Å². The van der Waals surface area contributed by atoms with E-state index < -0.39 is 28.0 Å². The van der Waals surface area contributed by atoms with Crippen molar-refractivity contribution in [3.05, 3.63) is 77.1 Å². The SMILES string of the molecule is Cc1ccc(N2C(=O)N(CC(=O)c3cc(C)n(-c4ccc(S(N)(=O)=O)cc4)c3C)C(=O)[C@@H]2C)cc1. The molecule has 1 aliphatic heterocycles. The summed E-state index contributed by atoms with van der Waals surface area (Å²) in [5, 5.41) is 5.17. The van der Waals surface area contributed by atoms with Crippen LogP contribution in [0.4, 0.5) is 10.5 Å². The van der Waals surface area contributed by atoms with Gasteiger partial charge in [0.2, 0.25) is 10.0 Å². The largest absolute Gasteiger partial charge is 0.332 e. The number of nitrogens with two attached hydrogens (primary N) is 1. The van der Waals surface area contributed by atoms with Crippen LogP contribution in [-0.4, -0.2) is 48.2 Å². The number of amides is 3. The van der Waals surface area contributed by atoms with E-state index >= 15 is 0 Å². The third kappa shape index (κ3) is 4.38. The Hall–Kier alpha value is -3.76. The van der Waals surface area contributed by atoms with E-state index in [2.05, 4.69) is 0 Å². The maximum atomic E-state index is 13.2. The first-order valence-electron chi connectivity index (χ1n) is 11.0. The first-order chi connectivity index (χ1) is 16.4. The summed E-state index contributed by atoms with van der Waals surface area (Å²) in [5.41, 5.74) is 4.00. The van der Waals surface area contributed by atoms with Crippen molar-refractivity contribution in [1.29, 1.82) is 0 Å². The highest BCUT2D eigenvalue weighted by Crippen LogP contribution is 2.27. The molecule has 0 radical (unpaired) electrons. The third-order valence-electron chi connectivity index (χ3n) is 6.22. The maximum Gasteiger partial charge on any atom is 0.332 e. The van der Waals surface area contributed by atoms with Crippen molar-refractivity contribution in [3.8, 4) is 5.69 Å². The Morgan fingerprint density at radius 2 is 1.51 bits per heavy atom. The standard InChI is InChI=1S/C25H26N4O5S/c1-15-5-7-20(8-6-15)29-18(4)24(31)27(25(29)32)14-23(30)22-13-16(2)28(17(22)3)19-9-11-21(12-10-19)35(26,33)34/h5-13,18H,14H2,1-4H3,(H2,26,33,34)/t18-/m0/s1. The van der Waals surface area contributed by atoms with Crippen LogP contribution in [0.15, 0.2) is 59.5 Å². The van der Waals surface area contributed by atoms with Crippen molar-refractivity contribution in [3.63, 3.8) is 0 Å². The fourth-order valence-corrected chi connectivity index (χ4v) is 4.88. The van der Waals surface area contributed by atoms with E-state index in [1.807, 2.05) is 26.0 Å². The molecule has 35 heavy (non-hydrogen) atoms. The summed E-state index contributed by atoms with van der Waals surface area (Å²) in [6.45, 7) is 6.76. The van der Waals surface area contributed by atoms with Crippen molar-refractivity contribution in [1.82, 2.24) is 9.47 Å². The molecule has 0 bridgehead atoms. The molecule has 1 atom stereocenters. The zero-order chi connectivity index (χ0) is 25.7. The number of imide groups is 1. The molecule has 1 fully saturated rings. The quantitative estimate of drug-likeness (QED) is 0.417. The highest BCUT2D eigenvalue weighted by Gasteiger charge is 2.44. The van der Waals surface area contributed by atoms with Gasteiger partial charge in [0, 0.05) is 28.3 Å². The zero-order valence-corrected chi connectivity index (χ0v) is 20.7. The zero-order valence-electron chi connectivity index (χ0n) is 19.8. The van der Waals surface area contributed by atoms with Gasteiger partial charge < -0.3 is 4.57 Å². The molecule has 1 aromatic heterocycles. The molecule has 9 nitrogen and oxygen atoms in total. The van der Waals surface area contributed by atoms with E-state index in [0.29, 0.717) is 22.6 Å². The van der Waals surface area contributed by atoms with Gasteiger partial charge in [-0.25, -0.2) is 18.4 Å². The molecule has 2 aromatic carbocycles. The van der Waals surface area contributed by atoms with Crippen LogP contribution in [0.2, 0.25) is 0 Å². The first-order valence-corrected chi connectivity index (χ1v) is 12.5. The van der Waals surface area contributed by atoms with Crippen molar-refractivity contribution < 1.29 is 22.8 Å². The molecule has 3 amide bonds. The molecular weight excluding hydrogens is 468 g/mol. The predicted molar refractivity (Wildman–Crippen MR) is 131 cm³/mol. The maximum absolute atomic E-state index is 13.2. The van der Waals surface area contributed by atoms with Crippen LogP contribution in [0.3, 0.4) is 0 Å². The number of benzene rings is 2. The van der Waals surface area contributed by atoms with E-state index in [-0.39, 0.29) is 17.2 Å². The van der Waals surface area contributed by atoms with Crippen LogP contribution in [0.1, 0.15) is 34.2 Å². The lowest BCUT2D eigenvalue weighted by atomic mass is 10.1. The van der Waals surface area contributed by atoms with Gasteiger partial charge in [-0.15, -0.1) is 0 Å². The number of carbonyl (C=O) groups excluding carboxylic acids is 3. The molecule has 0 unspecified atom stereocenters. The highest BCUT2D eigenvalue weighted by molar-refractivity contribution is 7.89. The molecule has 2 heterocycles. The minimum atomic E-state index is -3.82. The lowest BCUT2D eigenvalue weighted by Gasteiger charge is -2.19. The Morgan fingerprint density at radius 3 is 2.09 bits per heavy atom. The van der Waals surface area contributed by atoms with Crippen molar-refractivity contribution >= 4 is 33.4 Å². The normalized spacial score (nSPS) is 16.3. The molecule has 4 rings (SSSR count). The summed E-state index contributed by atoms with van der Waals surface area (Å²) in [4.78, 5) is 41.5. The molecule has 10 heteroatoms. The minimum Gasteiger partial charge on any atom is -0.318 e. The number of aromatic nitrogens is 1. The summed E-state index contributed by atoms with van der Waals surface area (Å²) in [6.07, 6.45) is 0. The molecule has 1 saturated heterocycles. The average Bonchev–Trinajstić information content (AvgIpc) is 3.21. The number of aryl methyl sites for hydroxylation is 2. The van der Waals surface area contributed by atoms with E-state index in [9.17, 15) is 22.8 Å². The second-order valence-electron chi connectivity index (χ2n) is 8.67. The number of primary sulfonamides is 1. The average molecular weight is 495 g/mol. The molecule has 0 saturated carbocycles. The van der Waals surface area contributed by atoms with E-state index in [1.54, 1.807) is 48.7 Å². The number of nitrogens with zero attached hydrogens (tertiary/aromatic N) is 3. The number of hydrogen-bond donors (Lipinski definition) is 1. The lowest BCUT2D eigenvalue weighted by Crippen LogP contribution is -2.37. The minimum absolute atomic E-state index is 0.0154. The van der Waals surface area contributed by atoms with Crippen LogP contribution < -0.4 is 10.0 Å². The second kappa shape index (κ2) is 8.79. The number of urea groups is 1. The van der Waals surface area contributed by atoms with Crippen LogP contribution >= 0.6 is 0 Å². The lowest BCUT2D eigenvalue weighted by molar-refractivity contribution is -0.126. The predicted octanol–water partition coefficient (Wildman–Crippen LogP) is 3.09. The van der Waals surface area contributed by atoms with E-state index in [0.717, 1.165) is 16.2 Å². The molecule has 2 N–H and O–H groups in total. The smallest absolute Gasteiger partial charge is 0.318 e. The Balaban J connectivity index is 1.59. The van der Waals surface area contributed by atoms with Crippen molar-refractivity contribution in [2.24, 2.45) is 5.14 Å². The molecular formula is C25H26N4O5S. The number of ketones is 1. The summed E-state index contributed by atoms with van der Waals surface area (Å²) in [6, 6.07) is 13.7. The monoisotopic (exact) mass is 494 g/mol. The molecule has 1 aliphatic rings. The number of anilines is 1. The molecule has 0 spiro atoms. The van der Waals surface area contributed by atoms with Gasteiger partial charge in [0.05, 0.1) is 11.4 Å². The van der Waals surface area contributed by atoms with Gasteiger partial charge in [-0.3, -0.25) is 19.4 Å². The Morgan fingerprint density at radius 1 is 0.943 bits per heavy atom. The topological polar surface area (TPSA) is 123 Å².